The van der Waals surface area contributed by atoms with Crippen LogP contribution in [0.5, 0.6) is 0 Å². The minimum atomic E-state index is -0.287. The second-order valence-corrected chi connectivity index (χ2v) is 5.44. The van der Waals surface area contributed by atoms with E-state index in [9.17, 15) is 4.39 Å². The summed E-state index contributed by atoms with van der Waals surface area (Å²) in [6.45, 7) is 0.339. The molecule has 0 aliphatic heterocycles. The first-order valence-electron chi connectivity index (χ1n) is 5.19. The van der Waals surface area contributed by atoms with Gasteiger partial charge in [0, 0.05) is 26.6 Å². The molecule has 1 N–H and O–H groups in total. The Labute approximate surface area is 123 Å². The van der Waals surface area contributed by atoms with E-state index >= 15 is 0 Å². The summed E-state index contributed by atoms with van der Waals surface area (Å²) in [5.41, 5.74) is 1.32. The second kappa shape index (κ2) is 5.91. The molecule has 0 unspecified atom stereocenters. The third kappa shape index (κ3) is 3.37. The van der Waals surface area contributed by atoms with Crippen molar-refractivity contribution in [3.63, 3.8) is 0 Å². The van der Waals surface area contributed by atoms with Crippen molar-refractivity contribution >= 4 is 44.8 Å². The fraction of sp³-hybridized carbons (Fsp3) is 0.0769. The first kappa shape index (κ1) is 13.7. The maximum absolute atomic E-state index is 13.5. The summed E-state index contributed by atoms with van der Waals surface area (Å²) in [5, 5.41) is 4.24. The highest BCUT2D eigenvalue weighted by atomic mass is 79.9. The summed E-state index contributed by atoms with van der Waals surface area (Å²) in [4.78, 5) is 0. The van der Waals surface area contributed by atoms with Crippen molar-refractivity contribution in [2.45, 2.75) is 6.54 Å². The van der Waals surface area contributed by atoms with Crippen molar-refractivity contribution in [2.75, 3.05) is 5.32 Å². The zero-order chi connectivity index (χ0) is 13.1. The molecule has 1 nitrogen and oxygen atoms in total. The third-order valence-corrected chi connectivity index (χ3v) is 3.57. The molecule has 94 valence electrons. The summed E-state index contributed by atoms with van der Waals surface area (Å²) in [6.07, 6.45) is 0. The molecule has 2 rings (SSSR count). The lowest BCUT2D eigenvalue weighted by atomic mass is 10.2. The average molecular weight is 349 g/mol. The first-order valence-corrected chi connectivity index (χ1v) is 6.74. The quantitative estimate of drug-likeness (QED) is 0.771. The van der Waals surface area contributed by atoms with Crippen LogP contribution in [0, 0.1) is 5.82 Å². The molecule has 0 aliphatic carbocycles. The van der Waals surface area contributed by atoms with Crippen LogP contribution in [0.15, 0.2) is 40.9 Å². The molecular weight excluding hydrogens is 340 g/mol. The molecule has 18 heavy (non-hydrogen) atoms. The molecule has 0 spiro atoms. The summed E-state index contributed by atoms with van der Waals surface area (Å²) in [7, 11) is 0. The molecule has 0 aromatic heterocycles. The normalized spacial score (nSPS) is 10.4. The standard InChI is InChI=1S/C13H9BrCl2FN/c14-11-3-1-10(16)6-13(11)18-7-8-5-9(15)2-4-12(8)17/h1-6,18H,7H2. The van der Waals surface area contributed by atoms with Crippen LogP contribution in [-0.2, 0) is 6.54 Å². The minimum Gasteiger partial charge on any atom is -0.380 e. The van der Waals surface area contributed by atoms with Crippen molar-refractivity contribution in [3.8, 4) is 0 Å². The summed E-state index contributed by atoms with van der Waals surface area (Å²) >= 11 is 15.1. The van der Waals surface area contributed by atoms with E-state index in [4.69, 9.17) is 23.2 Å². The van der Waals surface area contributed by atoms with Crippen LogP contribution in [0.1, 0.15) is 5.56 Å². The summed E-state index contributed by atoms with van der Waals surface area (Å²) in [5.74, 6) is -0.287. The predicted molar refractivity (Wildman–Crippen MR) is 77.9 cm³/mol. The Morgan fingerprint density at radius 1 is 1.06 bits per heavy atom. The predicted octanol–water partition coefficient (Wildman–Crippen LogP) is 5.51. The zero-order valence-corrected chi connectivity index (χ0v) is 12.3. The van der Waals surface area contributed by atoms with Crippen LogP contribution in [0.2, 0.25) is 10.0 Å². The van der Waals surface area contributed by atoms with E-state index in [-0.39, 0.29) is 5.82 Å². The fourth-order valence-corrected chi connectivity index (χ4v) is 2.26. The van der Waals surface area contributed by atoms with Gasteiger partial charge in [0.05, 0.1) is 5.69 Å². The Bertz CT molecular complexity index is 523. The Morgan fingerprint density at radius 2 is 1.72 bits per heavy atom. The average Bonchev–Trinajstić information content (AvgIpc) is 2.34. The van der Waals surface area contributed by atoms with Gasteiger partial charge in [-0.25, -0.2) is 4.39 Å². The molecule has 5 heteroatoms. The van der Waals surface area contributed by atoms with Gasteiger partial charge in [0.2, 0.25) is 0 Å². The van der Waals surface area contributed by atoms with Crippen LogP contribution in [0.4, 0.5) is 10.1 Å². The van der Waals surface area contributed by atoms with Crippen molar-refractivity contribution < 1.29 is 4.39 Å². The van der Waals surface area contributed by atoms with Gasteiger partial charge >= 0.3 is 0 Å². The summed E-state index contributed by atoms with van der Waals surface area (Å²) in [6, 6.07) is 9.86. The van der Waals surface area contributed by atoms with E-state index in [0.29, 0.717) is 22.2 Å². The van der Waals surface area contributed by atoms with Crippen molar-refractivity contribution in [1.82, 2.24) is 0 Å². The first-order chi connectivity index (χ1) is 8.56. The molecule has 0 bridgehead atoms. The van der Waals surface area contributed by atoms with E-state index in [1.165, 1.54) is 12.1 Å². The lowest BCUT2D eigenvalue weighted by molar-refractivity contribution is 0.613. The van der Waals surface area contributed by atoms with Gasteiger partial charge in [0.25, 0.3) is 0 Å². The molecule has 0 amide bonds. The summed E-state index contributed by atoms with van der Waals surface area (Å²) < 4.78 is 14.4. The topological polar surface area (TPSA) is 12.0 Å². The lowest BCUT2D eigenvalue weighted by Gasteiger charge is -2.10. The van der Waals surface area contributed by atoms with E-state index in [1.54, 1.807) is 18.2 Å². The van der Waals surface area contributed by atoms with E-state index in [0.717, 1.165) is 10.2 Å². The molecule has 0 atom stereocenters. The van der Waals surface area contributed by atoms with Gasteiger partial charge in [-0.05, 0) is 52.3 Å². The smallest absolute Gasteiger partial charge is 0.128 e. The number of nitrogens with one attached hydrogen (secondary N) is 1. The number of hydrogen-bond donors (Lipinski definition) is 1. The highest BCUT2D eigenvalue weighted by molar-refractivity contribution is 9.10. The Balaban J connectivity index is 2.16. The minimum absolute atomic E-state index is 0.287. The molecule has 2 aromatic rings. The van der Waals surface area contributed by atoms with Crippen molar-refractivity contribution in [1.29, 1.82) is 0 Å². The SMILES string of the molecule is Fc1ccc(Cl)cc1CNc1cc(Cl)ccc1Br. The number of anilines is 1. The van der Waals surface area contributed by atoms with Gasteiger partial charge in [-0.2, -0.15) is 0 Å². The van der Waals surface area contributed by atoms with Crippen LogP contribution in [0.25, 0.3) is 0 Å². The molecule has 0 fully saturated rings. The molecule has 0 aliphatic rings. The van der Waals surface area contributed by atoms with E-state index in [1.807, 2.05) is 6.07 Å². The Morgan fingerprint density at radius 3 is 2.50 bits per heavy atom. The molecule has 2 aromatic carbocycles. The van der Waals surface area contributed by atoms with Crippen LogP contribution in [0.3, 0.4) is 0 Å². The number of benzene rings is 2. The fourth-order valence-electron chi connectivity index (χ4n) is 1.50. The molecule has 0 saturated heterocycles. The third-order valence-electron chi connectivity index (χ3n) is 2.41. The maximum Gasteiger partial charge on any atom is 0.128 e. The van der Waals surface area contributed by atoms with Gasteiger partial charge in [-0.3, -0.25) is 0 Å². The van der Waals surface area contributed by atoms with Crippen LogP contribution < -0.4 is 5.32 Å². The highest BCUT2D eigenvalue weighted by Crippen LogP contribution is 2.26. The maximum atomic E-state index is 13.5. The molecular formula is C13H9BrCl2FN. The number of rotatable bonds is 3. The second-order valence-electron chi connectivity index (χ2n) is 3.71. The molecule has 0 heterocycles. The van der Waals surface area contributed by atoms with Gasteiger partial charge in [-0.1, -0.05) is 23.2 Å². The van der Waals surface area contributed by atoms with E-state index in [2.05, 4.69) is 21.2 Å². The zero-order valence-electron chi connectivity index (χ0n) is 9.18. The van der Waals surface area contributed by atoms with E-state index < -0.39 is 0 Å². The van der Waals surface area contributed by atoms with Gasteiger partial charge < -0.3 is 5.32 Å². The lowest BCUT2D eigenvalue weighted by Crippen LogP contribution is -2.02. The number of halogens is 4. The number of hydrogen-bond acceptors (Lipinski definition) is 1. The van der Waals surface area contributed by atoms with Crippen LogP contribution >= 0.6 is 39.1 Å². The largest absolute Gasteiger partial charge is 0.380 e. The van der Waals surface area contributed by atoms with Crippen molar-refractivity contribution in [2.24, 2.45) is 0 Å². The molecule has 0 radical (unpaired) electrons. The van der Waals surface area contributed by atoms with Gasteiger partial charge in [0.15, 0.2) is 0 Å². The Hall–Kier alpha value is -0.770. The monoisotopic (exact) mass is 347 g/mol. The Kier molecular flexibility index (Phi) is 4.49. The molecule has 0 saturated carbocycles. The van der Waals surface area contributed by atoms with Crippen LogP contribution in [-0.4, -0.2) is 0 Å². The van der Waals surface area contributed by atoms with Gasteiger partial charge in [0.1, 0.15) is 5.82 Å². The highest BCUT2D eigenvalue weighted by Gasteiger charge is 2.05. The van der Waals surface area contributed by atoms with Crippen molar-refractivity contribution in [3.05, 3.63) is 62.3 Å². The van der Waals surface area contributed by atoms with Gasteiger partial charge in [-0.15, -0.1) is 0 Å².